The van der Waals surface area contributed by atoms with E-state index in [1.54, 1.807) is 0 Å². The van der Waals surface area contributed by atoms with Gasteiger partial charge >= 0.3 is 0 Å². The Hall–Kier alpha value is -0.590. The van der Waals surface area contributed by atoms with Crippen LogP contribution in [0.1, 0.15) is 40.0 Å². The van der Waals surface area contributed by atoms with Crippen LogP contribution in [0.4, 0.5) is 0 Å². The van der Waals surface area contributed by atoms with Crippen LogP contribution >= 0.6 is 0 Å². The van der Waals surface area contributed by atoms with Crippen LogP contribution in [0.15, 0.2) is 11.1 Å². The highest BCUT2D eigenvalue weighted by atomic mass is 14.3. The van der Waals surface area contributed by atoms with Gasteiger partial charge in [0.1, 0.15) is 0 Å². The van der Waals surface area contributed by atoms with Crippen molar-refractivity contribution in [1.29, 1.82) is 5.41 Å². The third kappa shape index (κ3) is 3.44. The van der Waals surface area contributed by atoms with Gasteiger partial charge in [-0.25, -0.2) is 0 Å². The molecule has 58 valence electrons. The Morgan fingerprint density at radius 2 is 2.00 bits per heavy atom. The molecule has 0 aromatic heterocycles. The van der Waals surface area contributed by atoms with Crippen LogP contribution in [0.2, 0.25) is 0 Å². The first kappa shape index (κ1) is 9.41. The molecule has 0 saturated carbocycles. The van der Waals surface area contributed by atoms with Gasteiger partial charge < -0.3 is 5.41 Å². The SMILES string of the molecule is CCCCC(C=N)=C(C)C. The van der Waals surface area contributed by atoms with Gasteiger partial charge in [-0.15, -0.1) is 0 Å². The summed E-state index contributed by atoms with van der Waals surface area (Å²) in [5.41, 5.74) is 2.48. The van der Waals surface area contributed by atoms with E-state index in [4.69, 9.17) is 5.41 Å². The molecular formula is C9H17N. The zero-order valence-electron chi connectivity index (χ0n) is 7.20. The van der Waals surface area contributed by atoms with Crippen LogP contribution in [0.5, 0.6) is 0 Å². The van der Waals surface area contributed by atoms with Gasteiger partial charge in [-0.3, -0.25) is 0 Å². The molecule has 0 unspecified atom stereocenters. The Bertz CT molecular complexity index is 130. The topological polar surface area (TPSA) is 23.9 Å². The van der Waals surface area contributed by atoms with E-state index in [0.717, 1.165) is 6.42 Å². The summed E-state index contributed by atoms with van der Waals surface area (Å²) < 4.78 is 0. The normalized spacial score (nSPS) is 9.10. The molecule has 0 aromatic rings. The quantitative estimate of drug-likeness (QED) is 0.578. The van der Waals surface area contributed by atoms with Crippen molar-refractivity contribution in [1.82, 2.24) is 0 Å². The minimum Gasteiger partial charge on any atom is -0.308 e. The molecule has 1 N–H and O–H groups in total. The number of unbranched alkanes of at least 4 members (excludes halogenated alkanes) is 1. The Morgan fingerprint density at radius 1 is 1.40 bits per heavy atom. The number of allylic oxidation sites excluding steroid dienone is 2. The predicted octanol–water partition coefficient (Wildman–Crippen LogP) is 3.16. The number of nitrogens with one attached hydrogen (secondary N) is 1. The summed E-state index contributed by atoms with van der Waals surface area (Å²) in [5, 5.41) is 7.09. The lowest BCUT2D eigenvalue weighted by atomic mass is 10.1. The molecule has 0 spiro atoms. The zero-order chi connectivity index (χ0) is 7.98. The minimum absolute atomic E-state index is 1.07. The molecular weight excluding hydrogens is 122 g/mol. The second kappa shape index (κ2) is 5.21. The summed E-state index contributed by atoms with van der Waals surface area (Å²) in [6.45, 7) is 6.30. The molecule has 0 radical (unpaired) electrons. The lowest BCUT2D eigenvalue weighted by Gasteiger charge is -2.00. The largest absolute Gasteiger partial charge is 0.308 e. The van der Waals surface area contributed by atoms with Crippen molar-refractivity contribution in [3.8, 4) is 0 Å². The molecule has 0 atom stereocenters. The van der Waals surface area contributed by atoms with Gasteiger partial charge in [0.25, 0.3) is 0 Å². The van der Waals surface area contributed by atoms with E-state index < -0.39 is 0 Å². The number of hydrogen-bond donors (Lipinski definition) is 1. The van der Waals surface area contributed by atoms with Gasteiger partial charge in [0.15, 0.2) is 0 Å². The smallest absolute Gasteiger partial charge is 0.0209 e. The monoisotopic (exact) mass is 139 g/mol. The van der Waals surface area contributed by atoms with Crippen molar-refractivity contribution in [3.63, 3.8) is 0 Å². The lowest BCUT2D eigenvalue weighted by molar-refractivity contribution is 0.799. The number of hydrogen-bond acceptors (Lipinski definition) is 1. The standard InChI is InChI=1S/C9H17N/c1-4-5-6-9(7-10)8(2)3/h7,10H,4-6H2,1-3H3. The number of rotatable bonds is 4. The first-order valence-corrected chi connectivity index (χ1v) is 3.89. The Balaban J connectivity index is 3.85. The van der Waals surface area contributed by atoms with Crippen LogP contribution in [-0.4, -0.2) is 6.21 Å². The van der Waals surface area contributed by atoms with Gasteiger partial charge in [0.2, 0.25) is 0 Å². The van der Waals surface area contributed by atoms with Crippen molar-refractivity contribution >= 4 is 6.21 Å². The van der Waals surface area contributed by atoms with Gasteiger partial charge in [0.05, 0.1) is 0 Å². The fraction of sp³-hybridized carbons (Fsp3) is 0.667. The van der Waals surface area contributed by atoms with E-state index in [-0.39, 0.29) is 0 Å². The lowest BCUT2D eigenvalue weighted by Crippen LogP contribution is -1.87. The molecule has 1 nitrogen and oxygen atoms in total. The molecule has 0 bridgehead atoms. The highest BCUT2D eigenvalue weighted by molar-refractivity contribution is 5.76. The van der Waals surface area contributed by atoms with Crippen molar-refractivity contribution < 1.29 is 0 Å². The molecule has 0 amide bonds. The molecule has 0 aliphatic rings. The first-order chi connectivity index (χ1) is 4.72. The zero-order valence-corrected chi connectivity index (χ0v) is 7.20. The van der Waals surface area contributed by atoms with Crippen molar-refractivity contribution in [2.45, 2.75) is 40.0 Å². The van der Waals surface area contributed by atoms with E-state index >= 15 is 0 Å². The van der Waals surface area contributed by atoms with Gasteiger partial charge in [-0.2, -0.15) is 0 Å². The van der Waals surface area contributed by atoms with Crippen LogP contribution in [0.25, 0.3) is 0 Å². The fourth-order valence-corrected chi connectivity index (χ4v) is 0.834. The molecule has 0 saturated heterocycles. The van der Waals surface area contributed by atoms with Gasteiger partial charge in [-0.05, 0) is 32.3 Å². The third-order valence-electron chi connectivity index (χ3n) is 1.62. The maximum Gasteiger partial charge on any atom is 0.0209 e. The van der Waals surface area contributed by atoms with E-state index in [0.29, 0.717) is 0 Å². The summed E-state index contributed by atoms with van der Waals surface area (Å²) in [5.74, 6) is 0. The van der Waals surface area contributed by atoms with Crippen molar-refractivity contribution in [3.05, 3.63) is 11.1 Å². The predicted molar refractivity (Wildman–Crippen MR) is 46.7 cm³/mol. The van der Waals surface area contributed by atoms with Crippen LogP contribution < -0.4 is 0 Å². The highest BCUT2D eigenvalue weighted by Crippen LogP contribution is 2.09. The average molecular weight is 139 g/mol. The second-order valence-corrected chi connectivity index (χ2v) is 2.77. The van der Waals surface area contributed by atoms with E-state index in [9.17, 15) is 0 Å². The third-order valence-corrected chi connectivity index (χ3v) is 1.62. The summed E-state index contributed by atoms with van der Waals surface area (Å²) in [6, 6.07) is 0. The average Bonchev–Trinajstić information content (AvgIpc) is 1.89. The van der Waals surface area contributed by atoms with Crippen LogP contribution in [-0.2, 0) is 0 Å². The molecule has 0 aliphatic heterocycles. The minimum atomic E-state index is 1.07. The summed E-state index contributed by atoms with van der Waals surface area (Å²) >= 11 is 0. The second-order valence-electron chi connectivity index (χ2n) is 2.77. The van der Waals surface area contributed by atoms with Gasteiger partial charge in [0, 0.05) is 6.21 Å². The van der Waals surface area contributed by atoms with E-state index in [1.807, 2.05) is 0 Å². The molecule has 10 heavy (non-hydrogen) atoms. The molecule has 0 rings (SSSR count). The van der Waals surface area contributed by atoms with Gasteiger partial charge in [-0.1, -0.05) is 18.9 Å². The fourth-order valence-electron chi connectivity index (χ4n) is 0.834. The van der Waals surface area contributed by atoms with Crippen molar-refractivity contribution in [2.24, 2.45) is 0 Å². The molecule has 1 heteroatoms. The summed E-state index contributed by atoms with van der Waals surface area (Å²) in [6.07, 6.45) is 4.97. The molecule has 0 fully saturated rings. The highest BCUT2D eigenvalue weighted by Gasteiger charge is 1.93. The van der Waals surface area contributed by atoms with Crippen LogP contribution in [0.3, 0.4) is 0 Å². The van der Waals surface area contributed by atoms with E-state index in [1.165, 1.54) is 30.2 Å². The van der Waals surface area contributed by atoms with Crippen molar-refractivity contribution in [2.75, 3.05) is 0 Å². The maximum atomic E-state index is 7.09. The molecule has 0 aromatic carbocycles. The molecule has 0 heterocycles. The van der Waals surface area contributed by atoms with Crippen LogP contribution in [0, 0.1) is 5.41 Å². The Labute approximate surface area is 63.7 Å². The first-order valence-electron chi connectivity index (χ1n) is 3.89. The molecule has 0 aliphatic carbocycles. The Kier molecular flexibility index (Phi) is 4.91. The maximum absolute atomic E-state index is 7.09. The Morgan fingerprint density at radius 3 is 2.30 bits per heavy atom. The van der Waals surface area contributed by atoms with E-state index in [2.05, 4.69) is 20.8 Å². The summed E-state index contributed by atoms with van der Waals surface area (Å²) in [7, 11) is 0. The summed E-state index contributed by atoms with van der Waals surface area (Å²) in [4.78, 5) is 0.